The molecule has 136 valence electrons. The van der Waals surface area contributed by atoms with Crippen LogP contribution in [0.15, 0.2) is 58.5 Å². The molecule has 0 atom stereocenters. The van der Waals surface area contributed by atoms with Gasteiger partial charge in [-0.2, -0.15) is 26.9 Å². The second kappa shape index (κ2) is 7.40. The number of rotatable bonds is 4. The molecule has 0 aliphatic heterocycles. The molecule has 0 saturated carbocycles. The van der Waals surface area contributed by atoms with E-state index in [1.165, 1.54) is 24.3 Å². The molecule has 11 heteroatoms. The van der Waals surface area contributed by atoms with Crippen molar-refractivity contribution in [3.8, 4) is 6.07 Å². The van der Waals surface area contributed by atoms with Crippen LogP contribution in [0, 0.1) is 17.1 Å². The third kappa shape index (κ3) is 4.70. The summed E-state index contributed by atoms with van der Waals surface area (Å²) in [5.74, 6) is -2.95. The van der Waals surface area contributed by atoms with Crippen LogP contribution in [0.5, 0.6) is 0 Å². The molecule has 0 spiro atoms. The van der Waals surface area contributed by atoms with Gasteiger partial charge in [0, 0.05) is 0 Å². The van der Waals surface area contributed by atoms with Crippen molar-refractivity contribution in [1.29, 1.82) is 5.26 Å². The Morgan fingerprint density at radius 2 is 1.81 bits per heavy atom. The van der Waals surface area contributed by atoms with Gasteiger partial charge < -0.3 is 4.18 Å². The van der Waals surface area contributed by atoms with Gasteiger partial charge in [-0.3, -0.25) is 5.43 Å². The number of hydrazone groups is 1. The molecule has 2 aromatic rings. The Labute approximate surface area is 145 Å². The summed E-state index contributed by atoms with van der Waals surface area (Å²) in [7, 11) is -4.77. The van der Waals surface area contributed by atoms with Crippen LogP contribution < -0.4 is 5.43 Å². The van der Waals surface area contributed by atoms with E-state index in [9.17, 15) is 26.0 Å². The smallest absolute Gasteiger partial charge is 0.351 e. The van der Waals surface area contributed by atoms with E-state index in [2.05, 4.69) is 9.28 Å². The number of nitrogens with zero attached hydrogens (tertiary/aromatic N) is 2. The molecular weight excluding hydrogens is 378 g/mol. The van der Waals surface area contributed by atoms with Gasteiger partial charge in [-0.05, 0) is 30.3 Å². The Bertz CT molecular complexity index is 968. The second-order valence-electron chi connectivity index (χ2n) is 4.68. The first kappa shape index (κ1) is 19.2. The van der Waals surface area contributed by atoms with Crippen molar-refractivity contribution in [3.05, 3.63) is 59.9 Å². The van der Waals surface area contributed by atoms with Crippen LogP contribution in [-0.4, -0.2) is 20.5 Å². The van der Waals surface area contributed by atoms with E-state index in [4.69, 9.17) is 5.26 Å². The van der Waals surface area contributed by atoms with Crippen molar-refractivity contribution in [2.45, 2.75) is 11.1 Å². The molecule has 0 bridgehead atoms. The fraction of sp³-hybridized carbons (Fsp3) is 0.0667. The Morgan fingerprint density at radius 3 is 2.38 bits per heavy atom. The largest absolute Gasteiger partial charge is 0.471 e. The van der Waals surface area contributed by atoms with E-state index in [0.29, 0.717) is 0 Å². The lowest BCUT2D eigenvalue weighted by Crippen LogP contribution is -2.29. The molecule has 26 heavy (non-hydrogen) atoms. The zero-order valence-electron chi connectivity index (χ0n) is 12.7. The molecule has 0 amide bonds. The lowest BCUT2D eigenvalue weighted by molar-refractivity contribution is -0.0707. The third-order valence-electron chi connectivity index (χ3n) is 2.84. The van der Waals surface area contributed by atoms with Gasteiger partial charge in [0.25, 0.3) is 0 Å². The molecule has 2 rings (SSSR count). The zero-order valence-corrected chi connectivity index (χ0v) is 13.5. The molecule has 0 aromatic heterocycles. The Morgan fingerprint density at radius 1 is 1.15 bits per heavy atom. The summed E-state index contributed by atoms with van der Waals surface area (Å²) in [6, 6.07) is 10.4. The highest BCUT2D eigenvalue weighted by Crippen LogP contribution is 2.23. The zero-order chi connectivity index (χ0) is 19.4. The topological polar surface area (TPSA) is 91.5 Å². The minimum Gasteiger partial charge on any atom is -0.351 e. The van der Waals surface area contributed by atoms with Gasteiger partial charge in [0.15, 0.2) is 0 Å². The third-order valence-corrected chi connectivity index (χ3v) is 4.06. The molecular formula is C15H9F4N3O3S. The summed E-state index contributed by atoms with van der Waals surface area (Å²) in [4.78, 5) is -0.495. The van der Waals surface area contributed by atoms with Gasteiger partial charge in [0.1, 0.15) is 16.8 Å². The fourth-order valence-electron chi connectivity index (χ4n) is 1.66. The average Bonchev–Trinajstić information content (AvgIpc) is 2.59. The predicted octanol–water partition coefficient (Wildman–Crippen LogP) is 3.39. The van der Waals surface area contributed by atoms with Gasteiger partial charge in [0.2, 0.25) is 0 Å². The SMILES string of the molecule is N#Cc1cc(N/N=C(\OS(=O)(=O)c2ccccc2)C(F)(F)F)ccc1F. The summed E-state index contributed by atoms with van der Waals surface area (Å²) in [5.41, 5.74) is 1.28. The highest BCUT2D eigenvalue weighted by molar-refractivity contribution is 7.87. The van der Waals surface area contributed by atoms with E-state index in [1.807, 2.05) is 5.43 Å². The van der Waals surface area contributed by atoms with Gasteiger partial charge in [0.05, 0.1) is 11.3 Å². The summed E-state index contributed by atoms with van der Waals surface area (Å²) in [6.45, 7) is 0. The Kier molecular flexibility index (Phi) is 5.47. The quantitative estimate of drug-likeness (QED) is 0.285. The Hall–Kier alpha value is -3.13. The number of alkyl halides is 3. The molecule has 2 aromatic carbocycles. The monoisotopic (exact) mass is 387 g/mol. The second-order valence-corrected chi connectivity index (χ2v) is 6.23. The number of nitrogens with one attached hydrogen (secondary N) is 1. The van der Waals surface area contributed by atoms with Crippen LogP contribution in [0.3, 0.4) is 0 Å². The van der Waals surface area contributed by atoms with E-state index in [-0.39, 0.29) is 5.69 Å². The molecule has 0 radical (unpaired) electrons. The van der Waals surface area contributed by atoms with Crippen LogP contribution in [0.1, 0.15) is 5.56 Å². The standard InChI is InChI=1S/C15H9F4N3O3S/c16-13-7-6-11(8-10(13)9-20)21-22-14(15(17,18)19)25-26(23,24)12-4-2-1-3-5-12/h1-8,21H/b22-14-. The molecule has 0 saturated heterocycles. The highest BCUT2D eigenvalue weighted by atomic mass is 32.2. The van der Waals surface area contributed by atoms with Crippen molar-refractivity contribution in [2.75, 3.05) is 5.43 Å². The van der Waals surface area contributed by atoms with E-state index in [1.54, 1.807) is 0 Å². The summed E-state index contributed by atoms with van der Waals surface area (Å²) >= 11 is 0. The molecule has 0 aliphatic rings. The van der Waals surface area contributed by atoms with Crippen LogP contribution >= 0.6 is 0 Å². The molecule has 0 heterocycles. The van der Waals surface area contributed by atoms with E-state index < -0.39 is 38.5 Å². The Balaban J connectivity index is 2.31. The van der Waals surface area contributed by atoms with Gasteiger partial charge >= 0.3 is 22.2 Å². The van der Waals surface area contributed by atoms with E-state index >= 15 is 0 Å². The van der Waals surface area contributed by atoms with Gasteiger partial charge in [-0.25, -0.2) is 4.39 Å². The first-order valence-electron chi connectivity index (χ1n) is 6.73. The summed E-state index contributed by atoms with van der Waals surface area (Å²) < 4.78 is 80.1. The normalized spacial score (nSPS) is 12.3. The summed E-state index contributed by atoms with van der Waals surface area (Å²) in [6.07, 6.45) is -5.23. The maximum atomic E-state index is 13.2. The van der Waals surface area contributed by atoms with Crippen molar-refractivity contribution in [1.82, 2.24) is 0 Å². The first-order chi connectivity index (χ1) is 12.1. The minimum atomic E-state index is -5.23. The molecule has 0 aliphatic carbocycles. The van der Waals surface area contributed by atoms with Crippen LogP contribution in [0.25, 0.3) is 0 Å². The molecule has 1 N–H and O–H groups in total. The number of anilines is 1. The predicted molar refractivity (Wildman–Crippen MR) is 82.9 cm³/mol. The van der Waals surface area contributed by atoms with Gasteiger partial charge in [-0.1, -0.05) is 18.2 Å². The first-order valence-corrected chi connectivity index (χ1v) is 8.14. The van der Waals surface area contributed by atoms with Crippen molar-refractivity contribution < 1.29 is 30.2 Å². The summed E-state index contributed by atoms with van der Waals surface area (Å²) in [5, 5.41) is 11.6. The van der Waals surface area contributed by atoms with Crippen molar-refractivity contribution in [2.24, 2.45) is 5.10 Å². The molecule has 6 nitrogen and oxygen atoms in total. The van der Waals surface area contributed by atoms with Crippen molar-refractivity contribution >= 4 is 21.7 Å². The van der Waals surface area contributed by atoms with Crippen molar-refractivity contribution in [3.63, 3.8) is 0 Å². The lowest BCUT2D eigenvalue weighted by Gasteiger charge is -2.12. The number of benzene rings is 2. The van der Waals surface area contributed by atoms with Crippen LogP contribution in [-0.2, 0) is 14.3 Å². The lowest BCUT2D eigenvalue weighted by atomic mass is 10.2. The number of halogens is 4. The maximum absolute atomic E-state index is 13.2. The van der Waals surface area contributed by atoms with Gasteiger partial charge in [-0.15, -0.1) is 5.10 Å². The fourth-order valence-corrected chi connectivity index (χ4v) is 2.59. The number of hydrogen-bond donors (Lipinski definition) is 1. The van der Waals surface area contributed by atoms with E-state index in [0.717, 1.165) is 30.3 Å². The van der Waals surface area contributed by atoms with Crippen LogP contribution in [0.2, 0.25) is 0 Å². The molecule has 0 unspecified atom stereocenters. The number of hydrogen-bond acceptors (Lipinski definition) is 6. The maximum Gasteiger partial charge on any atom is 0.471 e. The number of nitriles is 1. The minimum absolute atomic E-state index is 0.176. The average molecular weight is 387 g/mol. The molecule has 0 fully saturated rings. The van der Waals surface area contributed by atoms with Crippen LogP contribution in [0.4, 0.5) is 23.2 Å². The highest BCUT2D eigenvalue weighted by Gasteiger charge is 2.42.